The summed E-state index contributed by atoms with van der Waals surface area (Å²) in [5.74, 6) is -1.26. The molecule has 4 nitrogen and oxygen atoms in total. The average Bonchev–Trinajstić information content (AvgIpc) is 3.24. The molecular formula is C24H31FN2O2S. The highest BCUT2D eigenvalue weighted by Crippen LogP contribution is 2.25. The normalized spacial score (nSPS) is 17.0. The van der Waals surface area contributed by atoms with Crippen LogP contribution in [0.25, 0.3) is 0 Å². The van der Waals surface area contributed by atoms with Gasteiger partial charge < -0.3 is 5.32 Å². The number of thiophene rings is 1. The van der Waals surface area contributed by atoms with Crippen molar-refractivity contribution >= 4 is 23.2 Å². The van der Waals surface area contributed by atoms with Crippen LogP contribution in [-0.4, -0.2) is 28.8 Å². The Labute approximate surface area is 182 Å². The molecule has 0 spiro atoms. The topological polar surface area (TPSA) is 49.4 Å². The number of carbonyl (C=O) groups is 2. The van der Waals surface area contributed by atoms with Crippen LogP contribution in [0.4, 0.5) is 4.39 Å². The van der Waals surface area contributed by atoms with E-state index in [0.29, 0.717) is 5.57 Å². The number of rotatable bonds is 9. The van der Waals surface area contributed by atoms with E-state index in [4.69, 9.17) is 0 Å². The molecule has 162 valence electrons. The van der Waals surface area contributed by atoms with E-state index in [1.54, 1.807) is 19.1 Å². The summed E-state index contributed by atoms with van der Waals surface area (Å²) in [5, 5.41) is 4.96. The Kier molecular flexibility index (Phi) is 9.24. The van der Waals surface area contributed by atoms with Crippen LogP contribution in [0, 0.1) is 0 Å². The van der Waals surface area contributed by atoms with Gasteiger partial charge in [0.15, 0.2) is 0 Å². The minimum Gasteiger partial charge on any atom is -0.351 e. The average molecular weight is 431 g/mol. The largest absolute Gasteiger partial charge is 0.351 e. The predicted molar refractivity (Wildman–Crippen MR) is 122 cm³/mol. The molecule has 0 radical (unpaired) electrons. The highest BCUT2D eigenvalue weighted by atomic mass is 32.1. The summed E-state index contributed by atoms with van der Waals surface area (Å²) in [6, 6.07) is 2.76. The van der Waals surface area contributed by atoms with Gasteiger partial charge in [0.25, 0.3) is 0 Å². The molecular weight excluding hydrogens is 399 g/mol. The maximum absolute atomic E-state index is 14.4. The van der Waals surface area contributed by atoms with Crippen LogP contribution in [0.1, 0.15) is 50.8 Å². The van der Waals surface area contributed by atoms with Crippen LogP contribution < -0.4 is 5.32 Å². The Balaban J connectivity index is 2.46. The van der Waals surface area contributed by atoms with Crippen LogP contribution in [0.15, 0.2) is 66.0 Å². The van der Waals surface area contributed by atoms with Gasteiger partial charge in [-0.15, -0.1) is 11.3 Å². The number of carbonyl (C=O) groups excluding carboxylic acids is 2. The number of hydrogen-bond donors (Lipinski definition) is 1. The second kappa shape index (κ2) is 11.6. The molecule has 2 amide bonds. The molecule has 0 bridgehead atoms. The lowest BCUT2D eigenvalue weighted by Crippen LogP contribution is -2.52. The minimum atomic E-state index is -1.01. The molecule has 0 aliphatic heterocycles. The lowest BCUT2D eigenvalue weighted by atomic mass is 9.94. The number of nitrogens with one attached hydrogen (secondary N) is 1. The van der Waals surface area contributed by atoms with Gasteiger partial charge in [-0.25, -0.2) is 4.39 Å². The van der Waals surface area contributed by atoms with E-state index in [2.05, 4.69) is 18.5 Å². The first kappa shape index (κ1) is 23.8. The van der Waals surface area contributed by atoms with E-state index in [1.807, 2.05) is 17.5 Å². The quantitative estimate of drug-likeness (QED) is 0.529. The standard InChI is InChI=1S/C24H31FN2O2S/c1-5-18(6-2)23(24(29)26-19-12-9-8-10-13-19)27(21(7-3)17(4)25)22(28)16-20-14-11-15-30-20/h5-7,11,14-15,19,23H,1,3,8-10,12-13,16H2,2,4H3,(H,26,29). The minimum absolute atomic E-state index is 0.00144. The van der Waals surface area contributed by atoms with Crippen molar-refractivity contribution in [2.45, 2.75) is 64.5 Å². The number of hydrogen-bond acceptors (Lipinski definition) is 3. The zero-order valence-electron chi connectivity index (χ0n) is 17.8. The van der Waals surface area contributed by atoms with E-state index in [1.165, 1.54) is 35.7 Å². The molecule has 1 unspecified atom stereocenters. The zero-order chi connectivity index (χ0) is 22.1. The third-order valence-corrected chi connectivity index (χ3v) is 6.20. The van der Waals surface area contributed by atoms with Crippen molar-refractivity contribution in [3.63, 3.8) is 0 Å². The molecule has 0 saturated heterocycles. The number of halogens is 1. The van der Waals surface area contributed by atoms with E-state index in [0.717, 1.165) is 30.6 Å². The Morgan fingerprint density at radius 2 is 2.00 bits per heavy atom. The predicted octanol–water partition coefficient (Wildman–Crippen LogP) is 5.46. The molecule has 1 aliphatic carbocycles. The molecule has 2 rings (SSSR count). The highest BCUT2D eigenvalue weighted by molar-refractivity contribution is 7.10. The van der Waals surface area contributed by atoms with E-state index >= 15 is 0 Å². The SMILES string of the molecule is C=CC(=CC)C(C(=O)NC1CCCCC1)N(C(=O)Cc1cccs1)C(C=C)=C(C)F. The molecule has 1 aromatic heterocycles. The third-order valence-electron chi connectivity index (χ3n) is 5.32. The summed E-state index contributed by atoms with van der Waals surface area (Å²) in [6.45, 7) is 10.5. The lowest BCUT2D eigenvalue weighted by molar-refractivity contribution is -0.136. The van der Waals surface area contributed by atoms with Gasteiger partial charge in [-0.2, -0.15) is 0 Å². The first-order valence-corrected chi connectivity index (χ1v) is 11.2. The summed E-state index contributed by atoms with van der Waals surface area (Å²) in [4.78, 5) is 28.8. The smallest absolute Gasteiger partial charge is 0.248 e. The zero-order valence-corrected chi connectivity index (χ0v) is 18.6. The molecule has 1 fully saturated rings. The molecule has 1 saturated carbocycles. The molecule has 1 aliphatic rings. The molecule has 1 heterocycles. The van der Waals surface area contributed by atoms with Gasteiger partial charge in [-0.1, -0.05) is 50.6 Å². The van der Waals surface area contributed by atoms with Crippen molar-refractivity contribution in [2.24, 2.45) is 0 Å². The molecule has 6 heteroatoms. The van der Waals surface area contributed by atoms with E-state index < -0.39 is 11.9 Å². The van der Waals surface area contributed by atoms with Crippen molar-refractivity contribution in [1.82, 2.24) is 10.2 Å². The fourth-order valence-electron chi connectivity index (χ4n) is 3.80. The summed E-state index contributed by atoms with van der Waals surface area (Å²) < 4.78 is 14.4. The number of allylic oxidation sites excluding steroid dienone is 3. The maximum atomic E-state index is 14.4. The maximum Gasteiger partial charge on any atom is 0.248 e. The van der Waals surface area contributed by atoms with Crippen LogP contribution >= 0.6 is 11.3 Å². The Morgan fingerprint density at radius 1 is 1.30 bits per heavy atom. The van der Waals surface area contributed by atoms with Gasteiger partial charge in [-0.05, 0) is 49.8 Å². The second-order valence-corrected chi connectivity index (χ2v) is 8.41. The van der Waals surface area contributed by atoms with Crippen LogP contribution in [0.5, 0.6) is 0 Å². The second-order valence-electron chi connectivity index (χ2n) is 7.38. The summed E-state index contributed by atoms with van der Waals surface area (Å²) in [5.41, 5.74) is 0.546. The number of amides is 2. The molecule has 0 aromatic carbocycles. The Bertz CT molecular complexity index is 816. The molecule has 1 N–H and O–H groups in total. The van der Waals surface area contributed by atoms with Gasteiger partial charge in [0.2, 0.25) is 11.8 Å². The van der Waals surface area contributed by atoms with Gasteiger partial charge in [-0.3, -0.25) is 14.5 Å². The summed E-state index contributed by atoms with van der Waals surface area (Å²) in [6.07, 6.45) is 9.76. The Morgan fingerprint density at radius 3 is 2.50 bits per heavy atom. The van der Waals surface area contributed by atoms with Crippen molar-refractivity contribution in [3.8, 4) is 0 Å². The van der Waals surface area contributed by atoms with Crippen LogP contribution in [0.2, 0.25) is 0 Å². The van der Waals surface area contributed by atoms with Crippen molar-refractivity contribution in [2.75, 3.05) is 0 Å². The summed E-state index contributed by atoms with van der Waals surface area (Å²) in [7, 11) is 0. The van der Waals surface area contributed by atoms with E-state index in [9.17, 15) is 14.0 Å². The number of nitrogens with zero attached hydrogens (tertiary/aromatic N) is 1. The van der Waals surface area contributed by atoms with Crippen LogP contribution in [-0.2, 0) is 16.0 Å². The van der Waals surface area contributed by atoms with Crippen molar-refractivity contribution in [3.05, 3.63) is 70.9 Å². The van der Waals surface area contributed by atoms with Gasteiger partial charge >= 0.3 is 0 Å². The van der Waals surface area contributed by atoms with Crippen molar-refractivity contribution in [1.29, 1.82) is 0 Å². The summed E-state index contributed by atoms with van der Waals surface area (Å²) >= 11 is 1.45. The first-order valence-electron chi connectivity index (χ1n) is 10.3. The molecule has 1 aromatic rings. The van der Waals surface area contributed by atoms with Crippen molar-refractivity contribution < 1.29 is 14.0 Å². The van der Waals surface area contributed by atoms with Gasteiger partial charge in [0.05, 0.1) is 12.1 Å². The fourth-order valence-corrected chi connectivity index (χ4v) is 4.50. The van der Waals surface area contributed by atoms with Gasteiger partial charge in [0, 0.05) is 10.9 Å². The van der Waals surface area contributed by atoms with Crippen LogP contribution in [0.3, 0.4) is 0 Å². The monoisotopic (exact) mass is 430 g/mol. The highest BCUT2D eigenvalue weighted by Gasteiger charge is 2.35. The third kappa shape index (κ3) is 6.02. The Hall–Kier alpha value is -2.47. The fraction of sp³-hybridized carbons (Fsp3) is 0.417. The molecule has 30 heavy (non-hydrogen) atoms. The molecule has 1 atom stereocenters. The first-order chi connectivity index (χ1) is 14.4. The van der Waals surface area contributed by atoms with E-state index in [-0.39, 0.29) is 30.0 Å². The lowest BCUT2D eigenvalue weighted by Gasteiger charge is -2.34. The van der Waals surface area contributed by atoms with Gasteiger partial charge in [0.1, 0.15) is 11.9 Å².